The summed E-state index contributed by atoms with van der Waals surface area (Å²) in [6, 6.07) is 17.1. The van der Waals surface area contributed by atoms with Crippen molar-refractivity contribution in [2.45, 2.75) is 23.3 Å². The molecule has 1 aliphatic rings. The van der Waals surface area contributed by atoms with E-state index in [4.69, 9.17) is 0 Å². The summed E-state index contributed by atoms with van der Waals surface area (Å²) in [6.07, 6.45) is 3.43. The maximum Gasteiger partial charge on any atom is 0.288 e. The number of hydrogen-bond acceptors (Lipinski definition) is 3. The van der Waals surface area contributed by atoms with Gasteiger partial charge in [-0.05, 0) is 36.8 Å². The van der Waals surface area contributed by atoms with Crippen LogP contribution < -0.4 is 0 Å². The van der Waals surface area contributed by atoms with Gasteiger partial charge in [0.2, 0.25) is 10.0 Å². The molecule has 0 bridgehead atoms. The zero-order chi connectivity index (χ0) is 21.5. The largest absolute Gasteiger partial charge is 0.288 e. The van der Waals surface area contributed by atoms with Crippen LogP contribution in [-0.2, 0) is 10.0 Å². The van der Waals surface area contributed by atoms with Crippen LogP contribution in [-0.4, -0.2) is 22.9 Å². The predicted molar refractivity (Wildman–Crippen MR) is 115 cm³/mol. The molecule has 2 atom stereocenters. The van der Waals surface area contributed by atoms with Gasteiger partial charge in [0.25, 0.3) is 5.76 Å². The number of para-hydroxylation sites is 1. The lowest BCUT2D eigenvalue weighted by Crippen LogP contribution is -2.45. The number of allylic oxidation sites excluding steroid dienone is 3. The van der Waals surface area contributed by atoms with Crippen molar-refractivity contribution >= 4 is 32.7 Å². The fourth-order valence-electron chi connectivity index (χ4n) is 3.95. The SMILES string of the molecule is CC1(S(=O)(=O)n2ccc3ccccc32)C=C(F)C=C(SC(F)F)C1c1ccccc1. The second kappa shape index (κ2) is 7.67. The van der Waals surface area contributed by atoms with Crippen LogP contribution in [0.2, 0.25) is 0 Å². The van der Waals surface area contributed by atoms with E-state index in [0.717, 1.165) is 16.1 Å². The van der Waals surface area contributed by atoms with Gasteiger partial charge in [-0.25, -0.2) is 16.8 Å². The number of aromatic nitrogens is 1. The summed E-state index contributed by atoms with van der Waals surface area (Å²) in [5.41, 5.74) is 0.958. The molecule has 1 aliphatic carbocycles. The van der Waals surface area contributed by atoms with Crippen molar-refractivity contribution in [3.8, 4) is 0 Å². The minimum Gasteiger partial charge on any atom is -0.244 e. The quantitative estimate of drug-likeness (QED) is 0.475. The van der Waals surface area contributed by atoms with Gasteiger partial charge >= 0.3 is 0 Å². The van der Waals surface area contributed by atoms with E-state index in [1.807, 2.05) is 0 Å². The van der Waals surface area contributed by atoms with Crippen LogP contribution in [0, 0.1) is 0 Å². The van der Waals surface area contributed by atoms with Crippen LogP contribution in [0.15, 0.2) is 89.7 Å². The predicted octanol–water partition coefficient (Wildman–Crippen LogP) is 6.07. The molecule has 0 aliphatic heterocycles. The number of halogens is 3. The Hall–Kier alpha value is -2.45. The Balaban J connectivity index is 1.96. The van der Waals surface area contributed by atoms with Gasteiger partial charge in [-0.3, -0.25) is 0 Å². The molecule has 0 amide bonds. The van der Waals surface area contributed by atoms with E-state index in [2.05, 4.69) is 0 Å². The summed E-state index contributed by atoms with van der Waals surface area (Å²) in [5, 5.41) is 0.707. The van der Waals surface area contributed by atoms with Gasteiger partial charge in [0.15, 0.2) is 0 Å². The van der Waals surface area contributed by atoms with Crippen LogP contribution in [0.25, 0.3) is 10.9 Å². The summed E-state index contributed by atoms with van der Waals surface area (Å²) in [5.74, 6) is -4.66. The molecule has 156 valence electrons. The fraction of sp³-hybridized carbons (Fsp3) is 0.182. The first-order valence-corrected chi connectivity index (χ1v) is 11.5. The third-order valence-electron chi connectivity index (χ3n) is 5.30. The van der Waals surface area contributed by atoms with Crippen molar-refractivity contribution in [3.05, 3.63) is 95.3 Å². The highest BCUT2D eigenvalue weighted by Crippen LogP contribution is 2.51. The molecule has 3 nitrogen and oxygen atoms in total. The molecule has 1 aromatic heterocycles. The molecule has 0 fully saturated rings. The Morgan fingerprint density at radius 1 is 1.03 bits per heavy atom. The standard InChI is InChI=1S/C22H18F3NO2S2/c1-22(30(27,28)26-12-11-15-7-5-6-10-18(15)26)14-17(23)13-19(29-21(24)25)20(22)16-8-3-2-4-9-16/h2-14,20-21H,1H3. The molecule has 0 radical (unpaired) electrons. The van der Waals surface area contributed by atoms with Crippen molar-refractivity contribution in [3.63, 3.8) is 0 Å². The van der Waals surface area contributed by atoms with Crippen molar-refractivity contribution in [1.29, 1.82) is 0 Å². The van der Waals surface area contributed by atoms with E-state index in [-0.39, 0.29) is 16.7 Å². The Bertz CT molecular complexity index is 1250. The monoisotopic (exact) mass is 449 g/mol. The van der Waals surface area contributed by atoms with Crippen LogP contribution in [0.3, 0.4) is 0 Å². The minimum atomic E-state index is -4.24. The zero-order valence-corrected chi connectivity index (χ0v) is 17.5. The molecule has 3 aromatic rings. The number of benzene rings is 2. The Kier molecular flexibility index (Phi) is 5.32. The van der Waals surface area contributed by atoms with E-state index < -0.39 is 32.3 Å². The molecule has 1 heterocycles. The summed E-state index contributed by atoms with van der Waals surface area (Å²) in [7, 11) is -4.24. The smallest absolute Gasteiger partial charge is 0.244 e. The molecule has 0 saturated heterocycles. The number of rotatable bonds is 5. The first kappa shape index (κ1) is 20.8. The lowest BCUT2D eigenvalue weighted by Gasteiger charge is -2.38. The first-order valence-electron chi connectivity index (χ1n) is 9.15. The zero-order valence-electron chi connectivity index (χ0n) is 15.9. The molecule has 4 rings (SSSR count). The topological polar surface area (TPSA) is 39.1 Å². The van der Waals surface area contributed by atoms with Gasteiger partial charge in [-0.15, -0.1) is 0 Å². The van der Waals surface area contributed by atoms with E-state index in [1.165, 1.54) is 13.1 Å². The average Bonchev–Trinajstić information content (AvgIpc) is 3.12. The highest BCUT2D eigenvalue weighted by molar-refractivity contribution is 8.03. The maximum atomic E-state index is 14.6. The molecule has 2 unspecified atom stereocenters. The summed E-state index contributed by atoms with van der Waals surface area (Å²) in [4.78, 5) is -0.0289. The number of fused-ring (bicyclic) bond motifs is 1. The lowest BCUT2D eigenvalue weighted by atomic mass is 9.83. The molecule has 8 heteroatoms. The van der Waals surface area contributed by atoms with E-state index in [1.54, 1.807) is 60.7 Å². The van der Waals surface area contributed by atoms with E-state index in [0.29, 0.717) is 16.5 Å². The van der Waals surface area contributed by atoms with Gasteiger partial charge in [0, 0.05) is 22.4 Å². The summed E-state index contributed by atoms with van der Waals surface area (Å²) >= 11 is 0.175. The Morgan fingerprint density at radius 2 is 1.70 bits per heavy atom. The molecule has 0 spiro atoms. The van der Waals surface area contributed by atoms with Gasteiger partial charge < -0.3 is 0 Å². The van der Waals surface area contributed by atoms with Crippen LogP contribution in [0.4, 0.5) is 13.2 Å². The molecule has 30 heavy (non-hydrogen) atoms. The average molecular weight is 450 g/mol. The van der Waals surface area contributed by atoms with Crippen molar-refractivity contribution in [2.24, 2.45) is 0 Å². The molecular weight excluding hydrogens is 431 g/mol. The number of hydrogen-bond donors (Lipinski definition) is 0. The first-order chi connectivity index (χ1) is 14.2. The van der Waals surface area contributed by atoms with Crippen molar-refractivity contribution in [1.82, 2.24) is 3.97 Å². The van der Waals surface area contributed by atoms with Gasteiger partial charge in [-0.2, -0.15) is 8.78 Å². The highest BCUT2D eigenvalue weighted by Gasteiger charge is 2.50. The van der Waals surface area contributed by atoms with Gasteiger partial charge in [0.1, 0.15) is 10.6 Å². The number of thioether (sulfide) groups is 1. The summed E-state index contributed by atoms with van der Waals surface area (Å²) < 4.78 is 68.2. The second-order valence-electron chi connectivity index (χ2n) is 7.16. The number of nitrogens with zero attached hydrogens (tertiary/aromatic N) is 1. The Labute approximate surface area is 177 Å². The number of alkyl halides is 2. The minimum absolute atomic E-state index is 0.0289. The van der Waals surface area contributed by atoms with E-state index in [9.17, 15) is 21.6 Å². The van der Waals surface area contributed by atoms with Gasteiger partial charge in [0.05, 0.1) is 5.52 Å². The third kappa shape index (κ3) is 3.37. The molecular formula is C22H18F3NO2S2. The maximum absolute atomic E-state index is 14.6. The normalized spacial score (nSPS) is 22.2. The van der Waals surface area contributed by atoms with Gasteiger partial charge in [-0.1, -0.05) is 60.3 Å². The third-order valence-corrected chi connectivity index (χ3v) is 8.40. The van der Waals surface area contributed by atoms with Crippen LogP contribution in [0.1, 0.15) is 18.4 Å². The Morgan fingerprint density at radius 3 is 2.40 bits per heavy atom. The van der Waals surface area contributed by atoms with Crippen LogP contribution >= 0.6 is 11.8 Å². The second-order valence-corrected chi connectivity index (χ2v) is 10.4. The van der Waals surface area contributed by atoms with Crippen molar-refractivity contribution < 1.29 is 21.6 Å². The van der Waals surface area contributed by atoms with Crippen molar-refractivity contribution in [2.75, 3.05) is 0 Å². The lowest BCUT2D eigenvalue weighted by molar-refractivity contribution is 0.252. The fourth-order valence-corrected chi connectivity index (χ4v) is 6.82. The molecule has 0 saturated carbocycles. The highest BCUT2D eigenvalue weighted by atomic mass is 32.2. The summed E-state index contributed by atoms with van der Waals surface area (Å²) in [6.45, 7) is 1.38. The van der Waals surface area contributed by atoms with E-state index >= 15 is 0 Å². The van der Waals surface area contributed by atoms with Crippen LogP contribution in [0.5, 0.6) is 0 Å². The molecule has 0 N–H and O–H groups in total. The molecule has 2 aromatic carbocycles.